The predicted octanol–water partition coefficient (Wildman–Crippen LogP) is 1.71. The smallest absolute Gasteiger partial charge is 0.0273 e. The van der Waals surface area contributed by atoms with Crippen LogP contribution in [0.3, 0.4) is 0 Å². The van der Waals surface area contributed by atoms with Crippen molar-refractivity contribution in [2.75, 3.05) is 20.1 Å². The van der Waals surface area contributed by atoms with Crippen LogP contribution in [0.25, 0.3) is 0 Å². The van der Waals surface area contributed by atoms with Crippen LogP contribution in [0.2, 0.25) is 0 Å². The van der Waals surface area contributed by atoms with E-state index in [2.05, 4.69) is 24.2 Å². The average molecular weight is 156 g/mol. The van der Waals surface area contributed by atoms with Gasteiger partial charge in [0, 0.05) is 13.6 Å². The van der Waals surface area contributed by atoms with E-state index in [4.69, 9.17) is 0 Å². The second-order valence-electron chi connectivity index (χ2n) is 2.95. The van der Waals surface area contributed by atoms with Crippen molar-refractivity contribution >= 4 is 6.21 Å². The molecule has 0 radical (unpaired) electrons. The molecule has 1 unspecified atom stereocenters. The molecule has 0 aliphatic carbocycles. The fraction of sp³-hybridized carbons (Fsp3) is 0.889. The Bertz CT molecular complexity index is 99.7. The Morgan fingerprint density at radius 3 is 2.82 bits per heavy atom. The van der Waals surface area contributed by atoms with Crippen LogP contribution in [0.4, 0.5) is 0 Å². The largest absolute Gasteiger partial charge is 0.316 e. The molecule has 2 nitrogen and oxygen atoms in total. The van der Waals surface area contributed by atoms with Crippen molar-refractivity contribution in [3.63, 3.8) is 0 Å². The molecule has 0 bridgehead atoms. The van der Waals surface area contributed by atoms with Gasteiger partial charge in [0.05, 0.1) is 0 Å². The van der Waals surface area contributed by atoms with Crippen LogP contribution in [0.5, 0.6) is 0 Å². The van der Waals surface area contributed by atoms with E-state index in [-0.39, 0.29) is 0 Å². The van der Waals surface area contributed by atoms with Crippen LogP contribution >= 0.6 is 0 Å². The predicted molar refractivity (Wildman–Crippen MR) is 51.4 cm³/mol. The maximum absolute atomic E-state index is 3.91. The zero-order valence-electron chi connectivity index (χ0n) is 7.93. The molecule has 0 aromatic heterocycles. The van der Waals surface area contributed by atoms with E-state index in [1.54, 1.807) is 0 Å². The van der Waals surface area contributed by atoms with Gasteiger partial charge in [-0.2, -0.15) is 0 Å². The minimum absolute atomic E-state index is 0.800. The average Bonchev–Trinajstić information content (AvgIpc) is 2.04. The van der Waals surface area contributed by atoms with E-state index in [9.17, 15) is 0 Å². The summed E-state index contributed by atoms with van der Waals surface area (Å²) in [6, 6.07) is 0. The van der Waals surface area contributed by atoms with Crippen molar-refractivity contribution in [3.05, 3.63) is 0 Å². The summed E-state index contributed by atoms with van der Waals surface area (Å²) in [7, 11) is 1.81. The van der Waals surface area contributed by atoms with Crippen molar-refractivity contribution in [3.8, 4) is 0 Å². The standard InChI is InChI=1S/C9H20N2/c1-4-9(2)8-11-7-5-6-10-3/h6,9,11H,4-5,7-8H2,1-3H3. The third-order valence-electron chi connectivity index (χ3n) is 1.82. The van der Waals surface area contributed by atoms with Gasteiger partial charge in [0.2, 0.25) is 0 Å². The summed E-state index contributed by atoms with van der Waals surface area (Å²) in [5.41, 5.74) is 0. The van der Waals surface area contributed by atoms with Crippen molar-refractivity contribution in [1.29, 1.82) is 0 Å². The minimum atomic E-state index is 0.800. The van der Waals surface area contributed by atoms with Crippen molar-refractivity contribution < 1.29 is 0 Å². The molecule has 0 saturated heterocycles. The Hall–Kier alpha value is -0.370. The Balaban J connectivity index is 3.01. The molecular formula is C9H20N2. The van der Waals surface area contributed by atoms with Crippen LogP contribution < -0.4 is 5.32 Å². The second-order valence-corrected chi connectivity index (χ2v) is 2.95. The highest BCUT2D eigenvalue weighted by molar-refractivity contribution is 5.56. The lowest BCUT2D eigenvalue weighted by Crippen LogP contribution is -2.21. The maximum atomic E-state index is 3.91. The highest BCUT2D eigenvalue weighted by Gasteiger charge is 1.95. The molecule has 0 saturated carbocycles. The Labute approximate surface area is 70.1 Å². The molecule has 0 spiro atoms. The lowest BCUT2D eigenvalue weighted by molar-refractivity contribution is 0.506. The molecule has 11 heavy (non-hydrogen) atoms. The van der Waals surface area contributed by atoms with Gasteiger partial charge in [-0.15, -0.1) is 0 Å². The molecule has 0 aromatic carbocycles. The number of hydrogen-bond acceptors (Lipinski definition) is 2. The van der Waals surface area contributed by atoms with Gasteiger partial charge < -0.3 is 10.3 Å². The van der Waals surface area contributed by atoms with Crippen LogP contribution in [-0.4, -0.2) is 26.4 Å². The Morgan fingerprint density at radius 1 is 1.55 bits per heavy atom. The van der Waals surface area contributed by atoms with Gasteiger partial charge in [-0.3, -0.25) is 0 Å². The molecule has 0 aliphatic heterocycles. The minimum Gasteiger partial charge on any atom is -0.316 e. The van der Waals surface area contributed by atoms with Crippen molar-refractivity contribution in [1.82, 2.24) is 5.32 Å². The van der Waals surface area contributed by atoms with Crippen LogP contribution in [-0.2, 0) is 0 Å². The van der Waals surface area contributed by atoms with Crippen LogP contribution in [0.1, 0.15) is 26.7 Å². The summed E-state index contributed by atoms with van der Waals surface area (Å²) in [6.07, 6.45) is 4.26. The third-order valence-corrected chi connectivity index (χ3v) is 1.82. The van der Waals surface area contributed by atoms with Crippen LogP contribution in [0.15, 0.2) is 4.99 Å². The van der Waals surface area contributed by atoms with Gasteiger partial charge >= 0.3 is 0 Å². The number of rotatable bonds is 6. The second kappa shape index (κ2) is 7.73. The number of aliphatic imine (C=N–C) groups is 1. The van der Waals surface area contributed by atoms with Gasteiger partial charge in [0.1, 0.15) is 0 Å². The van der Waals surface area contributed by atoms with Crippen molar-refractivity contribution in [2.24, 2.45) is 10.9 Å². The number of nitrogens with zero attached hydrogens (tertiary/aromatic N) is 1. The monoisotopic (exact) mass is 156 g/mol. The molecule has 2 heteroatoms. The fourth-order valence-corrected chi connectivity index (χ4v) is 0.789. The summed E-state index contributed by atoms with van der Waals surface area (Å²) < 4.78 is 0. The normalized spacial score (nSPS) is 14.1. The molecule has 0 fully saturated rings. The first kappa shape index (κ1) is 10.6. The summed E-state index contributed by atoms with van der Waals surface area (Å²) in [5, 5.41) is 3.38. The highest BCUT2D eigenvalue weighted by atomic mass is 14.9. The van der Waals surface area contributed by atoms with Gasteiger partial charge in [-0.1, -0.05) is 20.3 Å². The molecule has 1 atom stereocenters. The van der Waals surface area contributed by atoms with Crippen LogP contribution in [0, 0.1) is 5.92 Å². The third kappa shape index (κ3) is 7.53. The molecule has 0 aliphatic rings. The lowest BCUT2D eigenvalue weighted by atomic mass is 10.1. The fourth-order valence-electron chi connectivity index (χ4n) is 0.789. The lowest BCUT2D eigenvalue weighted by Gasteiger charge is -2.08. The first-order chi connectivity index (χ1) is 5.31. The zero-order valence-corrected chi connectivity index (χ0v) is 7.93. The molecule has 0 heterocycles. The molecule has 0 amide bonds. The van der Waals surface area contributed by atoms with Gasteiger partial charge in [0.15, 0.2) is 0 Å². The molecule has 1 N–H and O–H groups in total. The number of nitrogens with one attached hydrogen (secondary N) is 1. The molecular weight excluding hydrogens is 136 g/mol. The summed E-state index contributed by atoms with van der Waals surface area (Å²) in [4.78, 5) is 3.91. The summed E-state index contributed by atoms with van der Waals surface area (Å²) in [5.74, 6) is 0.800. The first-order valence-corrected chi connectivity index (χ1v) is 4.42. The molecule has 66 valence electrons. The summed E-state index contributed by atoms with van der Waals surface area (Å²) in [6.45, 7) is 6.68. The summed E-state index contributed by atoms with van der Waals surface area (Å²) >= 11 is 0. The topological polar surface area (TPSA) is 24.4 Å². The van der Waals surface area contributed by atoms with Gasteiger partial charge in [-0.05, 0) is 25.1 Å². The Kier molecular flexibility index (Phi) is 7.47. The maximum Gasteiger partial charge on any atom is 0.0273 e. The van der Waals surface area contributed by atoms with E-state index in [1.807, 2.05) is 13.3 Å². The van der Waals surface area contributed by atoms with Crippen molar-refractivity contribution in [2.45, 2.75) is 26.7 Å². The van der Waals surface area contributed by atoms with E-state index in [0.717, 1.165) is 25.4 Å². The van der Waals surface area contributed by atoms with E-state index in [0.29, 0.717) is 0 Å². The Morgan fingerprint density at radius 2 is 2.27 bits per heavy atom. The van der Waals surface area contributed by atoms with Gasteiger partial charge in [-0.25, -0.2) is 0 Å². The quantitative estimate of drug-likeness (QED) is 0.459. The zero-order chi connectivity index (χ0) is 8.53. The van der Waals surface area contributed by atoms with E-state index < -0.39 is 0 Å². The molecule has 0 aromatic rings. The highest BCUT2D eigenvalue weighted by Crippen LogP contribution is 1.96. The first-order valence-electron chi connectivity index (χ1n) is 4.42. The van der Waals surface area contributed by atoms with E-state index >= 15 is 0 Å². The van der Waals surface area contributed by atoms with E-state index in [1.165, 1.54) is 6.42 Å². The van der Waals surface area contributed by atoms with Gasteiger partial charge in [0.25, 0.3) is 0 Å². The SMILES string of the molecule is CCC(C)CNCCC=NC. The molecule has 0 rings (SSSR count). The number of hydrogen-bond donors (Lipinski definition) is 1.